The van der Waals surface area contributed by atoms with E-state index in [1.54, 1.807) is 19.2 Å². The highest BCUT2D eigenvalue weighted by Gasteiger charge is 2.39. The van der Waals surface area contributed by atoms with Gasteiger partial charge in [-0.1, -0.05) is 6.07 Å². The van der Waals surface area contributed by atoms with Gasteiger partial charge in [0.15, 0.2) is 0 Å². The Balaban J connectivity index is 1.54. The molecule has 1 aliphatic rings. The minimum absolute atomic E-state index is 0.0226. The van der Waals surface area contributed by atoms with Gasteiger partial charge in [0, 0.05) is 45.0 Å². The Hall–Kier alpha value is -4.41. The van der Waals surface area contributed by atoms with E-state index in [-0.39, 0.29) is 18.3 Å². The van der Waals surface area contributed by atoms with Gasteiger partial charge < -0.3 is 30.5 Å². The average molecular weight is 548 g/mol. The molecule has 1 saturated heterocycles. The molecule has 11 heteroatoms. The van der Waals surface area contributed by atoms with Gasteiger partial charge in [0.25, 0.3) is 0 Å². The van der Waals surface area contributed by atoms with Gasteiger partial charge >= 0.3 is 5.97 Å². The summed E-state index contributed by atoms with van der Waals surface area (Å²) < 4.78 is 2.02. The summed E-state index contributed by atoms with van der Waals surface area (Å²) in [6.45, 7) is 3.84. The number of amides is 2. The van der Waals surface area contributed by atoms with Gasteiger partial charge in [0.2, 0.25) is 11.8 Å². The van der Waals surface area contributed by atoms with Crippen molar-refractivity contribution in [1.82, 2.24) is 19.4 Å². The van der Waals surface area contributed by atoms with Crippen LogP contribution in [0.5, 0.6) is 0 Å². The van der Waals surface area contributed by atoms with Gasteiger partial charge in [-0.25, -0.2) is 4.98 Å². The Morgan fingerprint density at radius 1 is 1.15 bits per heavy atom. The summed E-state index contributed by atoms with van der Waals surface area (Å²) in [5.41, 5.74) is 8.82. The fraction of sp³-hybridized carbons (Fsp3) is 0.414. The molecule has 1 fully saturated rings. The molecule has 40 heavy (non-hydrogen) atoms. The van der Waals surface area contributed by atoms with Crippen molar-refractivity contribution in [2.75, 3.05) is 32.0 Å². The molecule has 1 aliphatic heterocycles. The Labute approximate surface area is 233 Å². The molecule has 2 amide bonds. The molecule has 11 nitrogen and oxygen atoms in total. The highest BCUT2D eigenvalue weighted by atomic mass is 16.4. The lowest BCUT2D eigenvalue weighted by Crippen LogP contribution is -2.49. The number of fused-ring (bicyclic) bond motifs is 1. The third kappa shape index (κ3) is 6.41. The number of rotatable bonds is 11. The SMILES string of the molecule is CN(CC(C)(Cc1ccc2c(c1)nc(CNc1ccc(C(=N)N)cc1)n2C)C(=O)N1CCCC1)C(=O)CC(=O)O. The Morgan fingerprint density at radius 3 is 2.45 bits per heavy atom. The number of nitrogens with zero attached hydrogens (tertiary/aromatic N) is 4. The molecule has 212 valence electrons. The van der Waals surface area contributed by atoms with Crippen molar-refractivity contribution >= 4 is 40.3 Å². The van der Waals surface area contributed by atoms with E-state index in [0.29, 0.717) is 31.6 Å². The number of aliphatic carboxylic acids is 1. The lowest BCUT2D eigenvalue weighted by atomic mass is 9.81. The summed E-state index contributed by atoms with van der Waals surface area (Å²) in [5, 5.41) is 19.9. The van der Waals surface area contributed by atoms with Crippen LogP contribution in [0.2, 0.25) is 0 Å². The molecule has 1 atom stereocenters. The summed E-state index contributed by atoms with van der Waals surface area (Å²) in [6, 6.07) is 13.3. The van der Waals surface area contributed by atoms with Crippen LogP contribution in [-0.2, 0) is 34.4 Å². The third-order valence-corrected chi connectivity index (χ3v) is 7.50. The van der Waals surface area contributed by atoms with Crippen LogP contribution in [0.1, 0.15) is 43.1 Å². The van der Waals surface area contributed by atoms with Gasteiger partial charge in [-0.05, 0) is 68.1 Å². The van der Waals surface area contributed by atoms with Crippen LogP contribution in [0, 0.1) is 10.8 Å². The number of carbonyl (C=O) groups excluding carboxylic acids is 2. The van der Waals surface area contributed by atoms with E-state index in [1.165, 1.54) is 4.90 Å². The van der Waals surface area contributed by atoms with Gasteiger partial charge in [0.1, 0.15) is 18.1 Å². The molecule has 0 bridgehead atoms. The maximum absolute atomic E-state index is 13.7. The lowest BCUT2D eigenvalue weighted by molar-refractivity contribution is -0.146. The minimum atomic E-state index is -1.19. The van der Waals surface area contributed by atoms with Crippen molar-refractivity contribution in [1.29, 1.82) is 5.41 Å². The number of carboxylic acid groups (broad SMARTS) is 1. The van der Waals surface area contributed by atoms with Crippen LogP contribution in [-0.4, -0.2) is 74.8 Å². The normalized spacial score (nSPS) is 14.6. The number of aromatic nitrogens is 2. The Morgan fingerprint density at radius 2 is 1.82 bits per heavy atom. The van der Waals surface area contributed by atoms with Gasteiger partial charge in [0.05, 0.1) is 23.0 Å². The van der Waals surface area contributed by atoms with E-state index < -0.39 is 23.7 Å². The number of anilines is 1. The number of likely N-dealkylation sites (tertiary alicyclic amines) is 1. The fourth-order valence-electron chi connectivity index (χ4n) is 5.34. The summed E-state index contributed by atoms with van der Waals surface area (Å²) >= 11 is 0. The predicted molar refractivity (Wildman–Crippen MR) is 153 cm³/mol. The lowest BCUT2D eigenvalue weighted by Gasteiger charge is -2.36. The summed E-state index contributed by atoms with van der Waals surface area (Å²) in [6.07, 6.45) is 1.68. The second kappa shape index (κ2) is 11.8. The van der Waals surface area contributed by atoms with Crippen LogP contribution < -0.4 is 11.1 Å². The number of carboxylic acids is 1. The number of imidazole rings is 1. The van der Waals surface area contributed by atoms with E-state index in [0.717, 1.165) is 41.0 Å². The molecule has 0 radical (unpaired) electrons. The quantitative estimate of drug-likeness (QED) is 0.163. The largest absolute Gasteiger partial charge is 0.481 e. The molecule has 2 aromatic carbocycles. The summed E-state index contributed by atoms with van der Waals surface area (Å²) in [7, 11) is 3.50. The number of benzene rings is 2. The average Bonchev–Trinajstić information content (AvgIpc) is 3.55. The maximum Gasteiger partial charge on any atom is 0.312 e. The van der Waals surface area contributed by atoms with Crippen molar-refractivity contribution in [3.05, 3.63) is 59.4 Å². The Bertz CT molecular complexity index is 1430. The second-order valence-corrected chi connectivity index (χ2v) is 10.8. The predicted octanol–water partition coefficient (Wildman–Crippen LogP) is 2.57. The summed E-state index contributed by atoms with van der Waals surface area (Å²) in [5.74, 6) is -0.890. The van der Waals surface area contributed by atoms with Crippen LogP contribution in [0.15, 0.2) is 42.5 Å². The van der Waals surface area contributed by atoms with Gasteiger partial charge in [-0.15, -0.1) is 0 Å². The first-order valence-electron chi connectivity index (χ1n) is 13.3. The number of hydrogen-bond donors (Lipinski definition) is 4. The van der Waals surface area contributed by atoms with Gasteiger partial charge in [-0.3, -0.25) is 19.8 Å². The van der Waals surface area contributed by atoms with E-state index in [4.69, 9.17) is 21.2 Å². The van der Waals surface area contributed by atoms with E-state index in [2.05, 4.69) is 5.32 Å². The monoisotopic (exact) mass is 547 g/mol. The zero-order chi connectivity index (χ0) is 29.0. The molecule has 5 N–H and O–H groups in total. The number of hydrogen-bond acceptors (Lipinski definition) is 6. The second-order valence-electron chi connectivity index (χ2n) is 10.8. The fourth-order valence-corrected chi connectivity index (χ4v) is 5.34. The zero-order valence-electron chi connectivity index (χ0n) is 23.2. The number of nitrogens with two attached hydrogens (primary N) is 1. The van der Waals surface area contributed by atoms with Crippen LogP contribution in [0.25, 0.3) is 11.0 Å². The highest BCUT2D eigenvalue weighted by Crippen LogP contribution is 2.30. The molecular weight excluding hydrogens is 510 g/mol. The number of aryl methyl sites for hydroxylation is 1. The zero-order valence-corrected chi connectivity index (χ0v) is 23.2. The van der Waals surface area contributed by atoms with Crippen LogP contribution in [0.4, 0.5) is 5.69 Å². The van der Waals surface area contributed by atoms with Crippen molar-refractivity contribution < 1.29 is 19.5 Å². The van der Waals surface area contributed by atoms with E-state index >= 15 is 0 Å². The van der Waals surface area contributed by atoms with Crippen LogP contribution in [0.3, 0.4) is 0 Å². The first-order valence-corrected chi connectivity index (χ1v) is 13.3. The maximum atomic E-state index is 13.7. The van der Waals surface area contributed by atoms with E-state index in [9.17, 15) is 14.4 Å². The minimum Gasteiger partial charge on any atom is -0.481 e. The first kappa shape index (κ1) is 28.6. The molecule has 2 heterocycles. The summed E-state index contributed by atoms with van der Waals surface area (Å²) in [4.78, 5) is 45.2. The smallest absolute Gasteiger partial charge is 0.312 e. The van der Waals surface area contributed by atoms with Crippen molar-refractivity contribution in [2.24, 2.45) is 18.2 Å². The standard InChI is InChI=1S/C29H37N7O4/c1-29(28(40)36-12-4-5-13-36,18-34(2)25(37)15-26(38)39)16-19-6-11-23-22(14-19)33-24(35(23)3)17-32-21-9-7-20(8-10-21)27(30)31/h6-11,14,32H,4-5,12-13,15-18H2,1-3H3,(H3,30,31)(H,38,39). The topological polar surface area (TPSA) is 158 Å². The highest BCUT2D eigenvalue weighted by molar-refractivity contribution is 5.95. The molecule has 0 spiro atoms. The van der Waals surface area contributed by atoms with Crippen molar-refractivity contribution in [3.63, 3.8) is 0 Å². The molecule has 1 aromatic heterocycles. The van der Waals surface area contributed by atoms with Gasteiger partial charge in [-0.2, -0.15) is 0 Å². The molecule has 1 unspecified atom stereocenters. The molecule has 4 rings (SSSR count). The first-order chi connectivity index (χ1) is 19.0. The van der Waals surface area contributed by atoms with Crippen molar-refractivity contribution in [3.8, 4) is 0 Å². The van der Waals surface area contributed by atoms with Crippen LogP contribution >= 0.6 is 0 Å². The number of nitrogen functional groups attached to an aromatic ring is 1. The van der Waals surface area contributed by atoms with Crippen molar-refractivity contribution in [2.45, 2.75) is 39.2 Å². The number of carbonyl (C=O) groups is 3. The van der Waals surface area contributed by atoms with E-state index in [1.807, 2.05) is 53.8 Å². The molecule has 3 aromatic rings. The molecular formula is C29H37N7O4. The molecule has 0 saturated carbocycles. The third-order valence-electron chi connectivity index (χ3n) is 7.50. The number of nitrogens with one attached hydrogen (secondary N) is 2. The molecule has 0 aliphatic carbocycles. The Kier molecular flexibility index (Phi) is 8.41. The number of amidine groups is 1.